The summed E-state index contributed by atoms with van der Waals surface area (Å²) in [5, 5.41) is 0. The van der Waals surface area contributed by atoms with E-state index in [-0.39, 0.29) is 0 Å². The van der Waals surface area contributed by atoms with Gasteiger partial charge in [-0.2, -0.15) is 0 Å². The molecule has 21 heavy (non-hydrogen) atoms. The number of nitrogens with zero attached hydrogens (tertiary/aromatic N) is 3. The first-order chi connectivity index (χ1) is 10.2. The van der Waals surface area contributed by atoms with Crippen LogP contribution in [0.3, 0.4) is 0 Å². The highest BCUT2D eigenvalue weighted by Crippen LogP contribution is 2.25. The number of aromatic nitrogens is 1. The Morgan fingerprint density at radius 1 is 1.19 bits per heavy atom. The minimum Gasteiger partial charge on any atom is -0.397 e. The van der Waals surface area contributed by atoms with E-state index < -0.39 is 0 Å². The van der Waals surface area contributed by atoms with Crippen LogP contribution in [0.5, 0.6) is 0 Å². The Hall–Kier alpha value is -2.07. The van der Waals surface area contributed by atoms with Gasteiger partial charge in [-0.1, -0.05) is 30.3 Å². The van der Waals surface area contributed by atoms with Gasteiger partial charge in [-0.05, 0) is 18.6 Å². The second-order valence-corrected chi connectivity index (χ2v) is 5.70. The van der Waals surface area contributed by atoms with Crippen molar-refractivity contribution < 1.29 is 0 Å². The van der Waals surface area contributed by atoms with Gasteiger partial charge in [0.15, 0.2) is 0 Å². The van der Waals surface area contributed by atoms with Crippen molar-refractivity contribution in [1.82, 2.24) is 9.88 Å². The zero-order valence-corrected chi connectivity index (χ0v) is 12.4. The van der Waals surface area contributed by atoms with Crippen LogP contribution >= 0.6 is 0 Å². The number of nitrogens with two attached hydrogens (primary N) is 1. The van der Waals surface area contributed by atoms with Gasteiger partial charge in [-0.3, -0.25) is 9.88 Å². The van der Waals surface area contributed by atoms with E-state index in [0.717, 1.165) is 37.6 Å². The van der Waals surface area contributed by atoms with Crippen LogP contribution in [0.4, 0.5) is 11.4 Å². The van der Waals surface area contributed by atoms with Gasteiger partial charge in [0.2, 0.25) is 0 Å². The van der Waals surface area contributed by atoms with Gasteiger partial charge in [0.25, 0.3) is 0 Å². The highest BCUT2D eigenvalue weighted by atomic mass is 15.3. The lowest BCUT2D eigenvalue weighted by Crippen LogP contribution is -2.51. The molecular formula is C17H22N4. The minimum atomic E-state index is 0.439. The zero-order valence-electron chi connectivity index (χ0n) is 12.4. The average Bonchev–Trinajstić information content (AvgIpc) is 2.50. The standard InChI is InChI=1S/C17H22N4/c1-14-12-20(13-15-5-3-2-4-6-15)9-10-21(14)17-11-19-8-7-16(17)18/h2-8,11,14H,9-10,12-13H2,1H3,(H2,18,19). The fraction of sp³-hybridized carbons (Fsp3) is 0.353. The summed E-state index contributed by atoms with van der Waals surface area (Å²) in [4.78, 5) is 9.07. The van der Waals surface area contributed by atoms with Crippen molar-refractivity contribution >= 4 is 11.4 Å². The lowest BCUT2D eigenvalue weighted by Gasteiger charge is -2.41. The van der Waals surface area contributed by atoms with Crippen LogP contribution < -0.4 is 10.6 Å². The highest BCUT2D eigenvalue weighted by Gasteiger charge is 2.25. The van der Waals surface area contributed by atoms with Crippen molar-refractivity contribution in [3.8, 4) is 0 Å². The molecule has 0 bridgehead atoms. The summed E-state index contributed by atoms with van der Waals surface area (Å²) >= 11 is 0. The molecule has 0 aliphatic carbocycles. The first kappa shape index (κ1) is 13.9. The van der Waals surface area contributed by atoms with Crippen molar-refractivity contribution in [1.29, 1.82) is 0 Å². The van der Waals surface area contributed by atoms with Gasteiger partial charge in [-0.25, -0.2) is 0 Å². The van der Waals surface area contributed by atoms with Gasteiger partial charge in [0.1, 0.15) is 0 Å². The average molecular weight is 282 g/mol. The Labute approximate surface area is 126 Å². The Balaban J connectivity index is 1.66. The zero-order chi connectivity index (χ0) is 14.7. The van der Waals surface area contributed by atoms with Crippen LogP contribution in [0, 0.1) is 0 Å². The third-order valence-corrected chi connectivity index (χ3v) is 4.10. The fourth-order valence-corrected chi connectivity index (χ4v) is 3.01. The second kappa shape index (κ2) is 6.14. The van der Waals surface area contributed by atoms with Crippen LogP contribution in [0.1, 0.15) is 12.5 Å². The molecule has 1 aromatic carbocycles. The molecule has 110 valence electrons. The number of nitrogen functional groups attached to an aromatic ring is 1. The largest absolute Gasteiger partial charge is 0.397 e. The van der Waals surface area contributed by atoms with Gasteiger partial charge in [-0.15, -0.1) is 0 Å². The smallest absolute Gasteiger partial charge is 0.0789 e. The molecule has 4 nitrogen and oxygen atoms in total. The molecule has 1 aromatic heterocycles. The van der Waals surface area contributed by atoms with Crippen LogP contribution in [0.2, 0.25) is 0 Å². The van der Waals surface area contributed by atoms with Crippen molar-refractivity contribution in [2.45, 2.75) is 19.5 Å². The first-order valence-electron chi connectivity index (χ1n) is 7.46. The Morgan fingerprint density at radius 2 is 2.00 bits per heavy atom. The summed E-state index contributed by atoms with van der Waals surface area (Å²) in [5.74, 6) is 0. The van der Waals surface area contributed by atoms with E-state index in [4.69, 9.17) is 5.73 Å². The molecule has 0 spiro atoms. The molecular weight excluding hydrogens is 260 g/mol. The second-order valence-electron chi connectivity index (χ2n) is 5.70. The molecule has 2 N–H and O–H groups in total. The third kappa shape index (κ3) is 3.16. The third-order valence-electron chi connectivity index (χ3n) is 4.10. The fourth-order valence-electron chi connectivity index (χ4n) is 3.01. The number of rotatable bonds is 3. The number of pyridine rings is 1. The van der Waals surface area contributed by atoms with E-state index in [1.54, 1.807) is 6.20 Å². The number of piperazine rings is 1. The Morgan fingerprint density at radius 3 is 2.71 bits per heavy atom. The summed E-state index contributed by atoms with van der Waals surface area (Å²) in [5.41, 5.74) is 9.32. The number of anilines is 2. The SMILES string of the molecule is CC1CN(Cc2ccccc2)CCN1c1cnccc1N. The summed E-state index contributed by atoms with van der Waals surface area (Å²) in [6.07, 6.45) is 3.62. The summed E-state index contributed by atoms with van der Waals surface area (Å²) < 4.78 is 0. The van der Waals surface area contributed by atoms with Gasteiger partial charge in [0.05, 0.1) is 17.6 Å². The molecule has 4 heteroatoms. The molecule has 1 fully saturated rings. The monoisotopic (exact) mass is 282 g/mol. The first-order valence-corrected chi connectivity index (χ1v) is 7.46. The van der Waals surface area contributed by atoms with E-state index >= 15 is 0 Å². The lowest BCUT2D eigenvalue weighted by atomic mass is 10.1. The normalized spacial score (nSPS) is 19.7. The molecule has 1 atom stereocenters. The van der Waals surface area contributed by atoms with Crippen molar-refractivity contribution in [2.24, 2.45) is 0 Å². The molecule has 1 unspecified atom stereocenters. The summed E-state index contributed by atoms with van der Waals surface area (Å²) in [6, 6.07) is 13.0. The molecule has 0 radical (unpaired) electrons. The quantitative estimate of drug-likeness (QED) is 0.939. The number of benzene rings is 1. The van der Waals surface area contributed by atoms with Crippen LogP contribution in [0.25, 0.3) is 0 Å². The van der Waals surface area contributed by atoms with Gasteiger partial charge < -0.3 is 10.6 Å². The maximum atomic E-state index is 6.08. The van der Waals surface area contributed by atoms with E-state index in [1.165, 1.54) is 5.56 Å². The maximum absolute atomic E-state index is 6.08. The molecule has 0 saturated carbocycles. The van der Waals surface area contributed by atoms with Crippen LogP contribution in [0.15, 0.2) is 48.8 Å². The van der Waals surface area contributed by atoms with E-state index in [9.17, 15) is 0 Å². The topological polar surface area (TPSA) is 45.4 Å². The molecule has 0 amide bonds. The van der Waals surface area contributed by atoms with Gasteiger partial charge in [0, 0.05) is 38.4 Å². The predicted molar refractivity (Wildman–Crippen MR) is 87.2 cm³/mol. The number of hydrogen-bond acceptors (Lipinski definition) is 4. The van der Waals surface area contributed by atoms with Crippen LogP contribution in [-0.4, -0.2) is 35.6 Å². The molecule has 2 aromatic rings. The summed E-state index contributed by atoms with van der Waals surface area (Å²) in [6.45, 7) is 6.35. The molecule has 1 aliphatic heterocycles. The predicted octanol–water partition coefficient (Wildman–Crippen LogP) is 2.37. The molecule has 1 aliphatic rings. The van der Waals surface area contributed by atoms with Crippen molar-refractivity contribution in [3.05, 3.63) is 54.4 Å². The lowest BCUT2D eigenvalue weighted by molar-refractivity contribution is 0.221. The highest BCUT2D eigenvalue weighted by molar-refractivity contribution is 5.66. The molecule has 2 heterocycles. The summed E-state index contributed by atoms with van der Waals surface area (Å²) in [7, 11) is 0. The van der Waals surface area contributed by atoms with Crippen LogP contribution in [-0.2, 0) is 6.54 Å². The Bertz CT molecular complexity index is 584. The van der Waals surface area contributed by atoms with Gasteiger partial charge >= 0.3 is 0 Å². The molecule has 3 rings (SSSR count). The van der Waals surface area contributed by atoms with Crippen molar-refractivity contribution in [2.75, 3.05) is 30.3 Å². The van der Waals surface area contributed by atoms with Crippen molar-refractivity contribution in [3.63, 3.8) is 0 Å². The maximum Gasteiger partial charge on any atom is 0.0789 e. The van der Waals surface area contributed by atoms with E-state index in [1.807, 2.05) is 12.3 Å². The molecule has 1 saturated heterocycles. The number of hydrogen-bond donors (Lipinski definition) is 1. The van der Waals surface area contributed by atoms with E-state index in [2.05, 4.69) is 52.0 Å². The Kier molecular flexibility index (Phi) is 4.06. The van der Waals surface area contributed by atoms with E-state index in [0.29, 0.717) is 6.04 Å². The minimum absolute atomic E-state index is 0.439.